The average Bonchev–Trinajstić information content (AvgIpc) is 2.38. The first-order valence-corrected chi connectivity index (χ1v) is 5.92. The Hall–Kier alpha value is -2.01. The summed E-state index contributed by atoms with van der Waals surface area (Å²) in [6.07, 6.45) is 2.62. The Kier molecular flexibility index (Phi) is 3.53. The summed E-state index contributed by atoms with van der Waals surface area (Å²) in [5.41, 5.74) is 6.48. The zero-order valence-corrected chi connectivity index (χ0v) is 10.9. The van der Waals surface area contributed by atoms with Gasteiger partial charge in [0.15, 0.2) is 5.82 Å². The molecule has 0 unspecified atom stereocenters. The van der Waals surface area contributed by atoms with Crippen LogP contribution in [0.3, 0.4) is 0 Å². The van der Waals surface area contributed by atoms with Crippen molar-refractivity contribution in [2.45, 2.75) is 27.2 Å². The molecule has 2 rings (SSSR count). The lowest BCUT2D eigenvalue weighted by molar-refractivity contribution is 0.993. The molecule has 2 heterocycles. The van der Waals surface area contributed by atoms with Crippen LogP contribution in [0.1, 0.15) is 23.9 Å². The molecule has 0 bridgehead atoms. The van der Waals surface area contributed by atoms with Gasteiger partial charge in [0.2, 0.25) is 0 Å². The second-order valence-electron chi connectivity index (χ2n) is 4.15. The SMILES string of the molecule is CCc1c(C)nc(-c2ccc(C)nc2)nc1NN. The number of nitrogens with one attached hydrogen (secondary N) is 1. The summed E-state index contributed by atoms with van der Waals surface area (Å²) in [7, 11) is 0. The lowest BCUT2D eigenvalue weighted by Crippen LogP contribution is -2.13. The highest BCUT2D eigenvalue weighted by molar-refractivity contribution is 5.58. The standard InChI is InChI=1S/C13H17N5/c1-4-11-9(3)16-12(17-13(11)18-14)10-6-5-8(2)15-7-10/h5-7H,4,14H2,1-3H3,(H,16,17,18). The fourth-order valence-corrected chi connectivity index (χ4v) is 1.87. The quantitative estimate of drug-likeness (QED) is 0.637. The molecule has 0 spiro atoms. The Morgan fingerprint density at radius 2 is 2.00 bits per heavy atom. The van der Waals surface area contributed by atoms with Crippen molar-refractivity contribution in [1.82, 2.24) is 15.0 Å². The second-order valence-corrected chi connectivity index (χ2v) is 4.15. The first-order valence-electron chi connectivity index (χ1n) is 5.92. The van der Waals surface area contributed by atoms with Gasteiger partial charge in [-0.3, -0.25) is 4.98 Å². The lowest BCUT2D eigenvalue weighted by Gasteiger charge is -2.11. The Bertz CT molecular complexity index is 548. The van der Waals surface area contributed by atoms with Crippen LogP contribution in [-0.4, -0.2) is 15.0 Å². The maximum Gasteiger partial charge on any atom is 0.163 e. The van der Waals surface area contributed by atoms with Crippen molar-refractivity contribution in [3.05, 3.63) is 35.3 Å². The maximum absolute atomic E-state index is 5.51. The zero-order chi connectivity index (χ0) is 13.1. The van der Waals surface area contributed by atoms with Gasteiger partial charge in [0.05, 0.1) is 0 Å². The summed E-state index contributed by atoms with van der Waals surface area (Å²) in [5, 5.41) is 0. The first kappa shape index (κ1) is 12.4. The van der Waals surface area contributed by atoms with Gasteiger partial charge in [-0.2, -0.15) is 0 Å². The second kappa shape index (κ2) is 5.10. The predicted molar refractivity (Wildman–Crippen MR) is 71.9 cm³/mol. The van der Waals surface area contributed by atoms with Gasteiger partial charge >= 0.3 is 0 Å². The van der Waals surface area contributed by atoms with Gasteiger partial charge in [0.1, 0.15) is 5.82 Å². The number of pyridine rings is 1. The van der Waals surface area contributed by atoms with Crippen molar-refractivity contribution in [2.75, 3.05) is 5.43 Å². The largest absolute Gasteiger partial charge is 0.308 e. The molecular weight excluding hydrogens is 226 g/mol. The fraction of sp³-hybridized carbons (Fsp3) is 0.308. The van der Waals surface area contributed by atoms with Gasteiger partial charge in [-0.05, 0) is 32.4 Å². The maximum atomic E-state index is 5.51. The number of aryl methyl sites for hydroxylation is 2. The number of rotatable bonds is 3. The molecule has 5 nitrogen and oxygen atoms in total. The number of nitrogens with zero attached hydrogens (tertiary/aromatic N) is 3. The number of nitrogens with two attached hydrogens (primary N) is 1. The highest BCUT2D eigenvalue weighted by Gasteiger charge is 2.10. The summed E-state index contributed by atoms with van der Waals surface area (Å²) in [5.74, 6) is 6.84. The minimum absolute atomic E-state index is 0.644. The smallest absolute Gasteiger partial charge is 0.163 e. The van der Waals surface area contributed by atoms with Gasteiger partial charge in [-0.15, -0.1) is 0 Å². The molecule has 3 N–H and O–H groups in total. The van der Waals surface area contributed by atoms with E-state index in [0.29, 0.717) is 11.6 Å². The van der Waals surface area contributed by atoms with E-state index in [1.54, 1.807) is 6.20 Å². The molecule has 0 aliphatic rings. The Labute approximate surface area is 106 Å². The molecule has 2 aromatic heterocycles. The minimum Gasteiger partial charge on any atom is -0.308 e. The van der Waals surface area contributed by atoms with E-state index in [0.717, 1.165) is 28.9 Å². The molecule has 0 aliphatic heterocycles. The highest BCUT2D eigenvalue weighted by atomic mass is 15.3. The van der Waals surface area contributed by atoms with E-state index in [9.17, 15) is 0 Å². The van der Waals surface area contributed by atoms with E-state index >= 15 is 0 Å². The van der Waals surface area contributed by atoms with E-state index in [1.165, 1.54) is 0 Å². The molecule has 0 saturated carbocycles. The normalized spacial score (nSPS) is 10.4. The van der Waals surface area contributed by atoms with Gasteiger partial charge in [0, 0.05) is 28.7 Å². The topological polar surface area (TPSA) is 76.7 Å². The van der Waals surface area contributed by atoms with Crippen LogP contribution < -0.4 is 11.3 Å². The number of anilines is 1. The summed E-state index contributed by atoms with van der Waals surface area (Å²) in [6.45, 7) is 5.97. The molecule has 18 heavy (non-hydrogen) atoms. The van der Waals surface area contributed by atoms with Crippen molar-refractivity contribution in [2.24, 2.45) is 5.84 Å². The van der Waals surface area contributed by atoms with Crippen LogP contribution in [0.25, 0.3) is 11.4 Å². The van der Waals surface area contributed by atoms with Crippen molar-refractivity contribution < 1.29 is 0 Å². The molecule has 94 valence electrons. The number of aromatic nitrogens is 3. The van der Waals surface area contributed by atoms with Crippen molar-refractivity contribution >= 4 is 5.82 Å². The number of nitrogen functional groups attached to an aromatic ring is 1. The van der Waals surface area contributed by atoms with Crippen LogP contribution in [0.5, 0.6) is 0 Å². The van der Waals surface area contributed by atoms with E-state index < -0.39 is 0 Å². The van der Waals surface area contributed by atoms with Gasteiger partial charge < -0.3 is 5.43 Å². The summed E-state index contributed by atoms with van der Waals surface area (Å²) >= 11 is 0. The predicted octanol–water partition coefficient (Wildman–Crippen LogP) is 2.00. The zero-order valence-electron chi connectivity index (χ0n) is 10.9. The third-order valence-corrected chi connectivity index (χ3v) is 2.87. The summed E-state index contributed by atoms with van der Waals surface area (Å²) in [4.78, 5) is 13.2. The third kappa shape index (κ3) is 2.31. The van der Waals surface area contributed by atoms with E-state index in [1.807, 2.05) is 26.0 Å². The molecule has 2 aromatic rings. The Morgan fingerprint density at radius 1 is 1.22 bits per heavy atom. The number of hydrogen-bond donors (Lipinski definition) is 2. The molecule has 0 aliphatic carbocycles. The monoisotopic (exact) mass is 243 g/mol. The molecule has 5 heteroatoms. The van der Waals surface area contributed by atoms with Crippen molar-refractivity contribution in [3.63, 3.8) is 0 Å². The van der Waals surface area contributed by atoms with Crippen LogP contribution in [-0.2, 0) is 6.42 Å². The van der Waals surface area contributed by atoms with Crippen molar-refractivity contribution in [1.29, 1.82) is 0 Å². The Balaban J connectivity index is 2.52. The summed E-state index contributed by atoms with van der Waals surface area (Å²) in [6, 6.07) is 3.90. The first-order chi connectivity index (χ1) is 8.65. The van der Waals surface area contributed by atoms with E-state index in [4.69, 9.17) is 5.84 Å². The van der Waals surface area contributed by atoms with Crippen LogP contribution in [0.2, 0.25) is 0 Å². The van der Waals surface area contributed by atoms with Gasteiger partial charge in [-0.1, -0.05) is 6.92 Å². The fourth-order valence-electron chi connectivity index (χ4n) is 1.87. The van der Waals surface area contributed by atoms with E-state index in [2.05, 4.69) is 27.3 Å². The van der Waals surface area contributed by atoms with Gasteiger partial charge in [0.25, 0.3) is 0 Å². The third-order valence-electron chi connectivity index (χ3n) is 2.87. The van der Waals surface area contributed by atoms with Crippen LogP contribution in [0, 0.1) is 13.8 Å². The van der Waals surface area contributed by atoms with Gasteiger partial charge in [-0.25, -0.2) is 15.8 Å². The molecule has 0 atom stereocenters. The highest BCUT2D eigenvalue weighted by Crippen LogP contribution is 2.21. The van der Waals surface area contributed by atoms with Crippen LogP contribution in [0.15, 0.2) is 18.3 Å². The van der Waals surface area contributed by atoms with Crippen LogP contribution >= 0.6 is 0 Å². The molecule has 0 saturated heterocycles. The average molecular weight is 243 g/mol. The molecule has 0 aromatic carbocycles. The number of hydrazine groups is 1. The molecule has 0 fully saturated rings. The molecule has 0 amide bonds. The van der Waals surface area contributed by atoms with E-state index in [-0.39, 0.29) is 0 Å². The molecule has 0 radical (unpaired) electrons. The van der Waals surface area contributed by atoms with Crippen LogP contribution in [0.4, 0.5) is 5.82 Å². The lowest BCUT2D eigenvalue weighted by atomic mass is 10.1. The summed E-state index contributed by atoms with van der Waals surface area (Å²) < 4.78 is 0. The molecular formula is C13H17N5. The minimum atomic E-state index is 0.644. The van der Waals surface area contributed by atoms with Crippen molar-refractivity contribution in [3.8, 4) is 11.4 Å². The Morgan fingerprint density at radius 3 is 2.56 bits per heavy atom. The number of hydrogen-bond acceptors (Lipinski definition) is 5.